The first-order valence-electron chi connectivity index (χ1n) is 4.56. The summed E-state index contributed by atoms with van der Waals surface area (Å²) in [5.41, 5.74) is -0.102. The van der Waals surface area contributed by atoms with Gasteiger partial charge in [0.1, 0.15) is 0 Å². The van der Waals surface area contributed by atoms with E-state index in [0.29, 0.717) is 0 Å². The summed E-state index contributed by atoms with van der Waals surface area (Å²) in [6.07, 6.45) is -4.86. The van der Waals surface area contributed by atoms with Gasteiger partial charge in [-0.25, -0.2) is 0 Å². The zero-order chi connectivity index (χ0) is 13.1. The molecule has 0 bridgehead atoms. The molecule has 1 aromatic carbocycles. The Morgan fingerprint density at radius 1 is 1.35 bits per heavy atom. The molecule has 0 unspecified atom stereocenters. The second-order valence-electron chi connectivity index (χ2n) is 2.92. The highest BCUT2D eigenvalue weighted by Crippen LogP contribution is 2.33. The largest absolute Gasteiger partial charge is 0.573 e. The van der Waals surface area contributed by atoms with Gasteiger partial charge in [-0.1, -0.05) is 0 Å². The van der Waals surface area contributed by atoms with E-state index in [0.717, 1.165) is 6.07 Å². The van der Waals surface area contributed by atoms with Crippen molar-refractivity contribution in [1.82, 2.24) is 0 Å². The summed E-state index contributed by atoms with van der Waals surface area (Å²) < 4.78 is 45.0. The van der Waals surface area contributed by atoms with E-state index in [1.165, 1.54) is 12.1 Å². The van der Waals surface area contributed by atoms with Gasteiger partial charge in [0.2, 0.25) is 0 Å². The summed E-state index contributed by atoms with van der Waals surface area (Å²) in [4.78, 5) is 10.8. The number of rotatable bonds is 4. The number of carbonyl (C=O) groups is 1. The van der Waals surface area contributed by atoms with Gasteiger partial charge in [0, 0.05) is 5.56 Å². The highest BCUT2D eigenvalue weighted by Gasteiger charge is 2.32. The lowest BCUT2D eigenvalue weighted by atomic mass is 10.2. The van der Waals surface area contributed by atoms with Crippen LogP contribution in [0.25, 0.3) is 0 Å². The van der Waals surface area contributed by atoms with Crippen molar-refractivity contribution in [2.45, 2.75) is 13.3 Å². The molecule has 7 heteroatoms. The van der Waals surface area contributed by atoms with Crippen LogP contribution in [0.15, 0.2) is 18.2 Å². The lowest BCUT2D eigenvalue weighted by Crippen LogP contribution is -2.18. The normalized spacial score (nSPS) is 11.1. The molecular weight excluding hydrogens is 261 g/mol. The Bertz CT molecular complexity index is 418. The van der Waals surface area contributed by atoms with Crippen molar-refractivity contribution in [3.63, 3.8) is 0 Å². The zero-order valence-corrected chi connectivity index (χ0v) is 9.43. The average Bonchev–Trinajstić information content (AvgIpc) is 2.18. The van der Waals surface area contributed by atoms with Crippen LogP contribution in [0.5, 0.6) is 11.5 Å². The number of hydrogen-bond donors (Lipinski definition) is 0. The van der Waals surface area contributed by atoms with Gasteiger partial charge >= 0.3 is 6.36 Å². The third kappa shape index (κ3) is 4.14. The summed E-state index contributed by atoms with van der Waals surface area (Å²) in [5.74, 6) is -0.697. The monoisotopic (exact) mass is 268 g/mol. The summed E-state index contributed by atoms with van der Waals surface area (Å²) in [6, 6.07) is 3.33. The van der Waals surface area contributed by atoms with Gasteiger partial charge in [-0.2, -0.15) is 0 Å². The van der Waals surface area contributed by atoms with E-state index >= 15 is 0 Å². The molecule has 0 saturated carbocycles. The SMILES string of the molecule is CCOc1ccc(C(=O)Cl)cc1OC(F)(F)F. The molecule has 1 aromatic rings. The number of halogens is 4. The highest BCUT2D eigenvalue weighted by molar-refractivity contribution is 6.67. The van der Waals surface area contributed by atoms with Crippen molar-refractivity contribution in [3.8, 4) is 11.5 Å². The molecule has 0 aliphatic rings. The van der Waals surface area contributed by atoms with Crippen molar-refractivity contribution in [3.05, 3.63) is 23.8 Å². The summed E-state index contributed by atoms with van der Waals surface area (Å²) in [6.45, 7) is 1.78. The van der Waals surface area contributed by atoms with E-state index in [1.54, 1.807) is 6.92 Å². The Hall–Kier alpha value is -1.43. The highest BCUT2D eigenvalue weighted by atomic mass is 35.5. The molecule has 0 saturated heterocycles. The number of benzene rings is 1. The van der Waals surface area contributed by atoms with Crippen LogP contribution in [0.4, 0.5) is 13.2 Å². The quantitative estimate of drug-likeness (QED) is 0.786. The smallest absolute Gasteiger partial charge is 0.490 e. The van der Waals surface area contributed by atoms with E-state index in [4.69, 9.17) is 16.3 Å². The second-order valence-corrected chi connectivity index (χ2v) is 3.26. The minimum atomic E-state index is -4.86. The molecule has 17 heavy (non-hydrogen) atoms. The molecule has 0 aromatic heterocycles. The van der Waals surface area contributed by atoms with Gasteiger partial charge in [-0.15, -0.1) is 13.2 Å². The average molecular weight is 269 g/mol. The Balaban J connectivity index is 3.11. The van der Waals surface area contributed by atoms with E-state index in [9.17, 15) is 18.0 Å². The van der Waals surface area contributed by atoms with E-state index in [-0.39, 0.29) is 17.9 Å². The third-order valence-electron chi connectivity index (χ3n) is 1.70. The first kappa shape index (κ1) is 13.6. The predicted molar refractivity (Wildman–Crippen MR) is 54.5 cm³/mol. The Kier molecular flexibility index (Phi) is 4.22. The van der Waals surface area contributed by atoms with Crippen molar-refractivity contribution < 1.29 is 27.4 Å². The van der Waals surface area contributed by atoms with Gasteiger partial charge in [-0.3, -0.25) is 4.79 Å². The molecule has 0 N–H and O–H groups in total. The van der Waals surface area contributed by atoms with Gasteiger partial charge < -0.3 is 9.47 Å². The van der Waals surface area contributed by atoms with Crippen LogP contribution in [0.1, 0.15) is 17.3 Å². The molecule has 0 radical (unpaired) electrons. The first-order chi connectivity index (χ1) is 7.83. The van der Waals surface area contributed by atoms with Gasteiger partial charge in [0.15, 0.2) is 11.5 Å². The van der Waals surface area contributed by atoms with E-state index < -0.39 is 17.4 Å². The fraction of sp³-hybridized carbons (Fsp3) is 0.300. The second kappa shape index (κ2) is 5.27. The molecule has 0 atom stereocenters. The molecule has 0 aliphatic heterocycles. The molecule has 0 amide bonds. The standard InChI is InChI=1S/C10H8ClF3O3/c1-2-16-7-4-3-6(9(11)15)5-8(7)17-10(12,13)14/h3-5H,2H2,1H3. The van der Waals surface area contributed by atoms with Crippen molar-refractivity contribution >= 4 is 16.8 Å². The molecule has 0 fully saturated rings. The molecule has 0 aliphatic carbocycles. The Labute approximate surface area is 100 Å². The van der Waals surface area contributed by atoms with Gasteiger partial charge in [-0.05, 0) is 36.7 Å². The summed E-state index contributed by atoms with van der Waals surface area (Å²) in [5, 5.41) is -0.875. The van der Waals surface area contributed by atoms with Crippen molar-refractivity contribution in [1.29, 1.82) is 0 Å². The summed E-state index contributed by atoms with van der Waals surface area (Å²) >= 11 is 5.16. The maximum absolute atomic E-state index is 12.1. The molecule has 0 spiro atoms. The van der Waals surface area contributed by atoms with E-state index in [2.05, 4.69) is 4.74 Å². The summed E-state index contributed by atoms with van der Waals surface area (Å²) in [7, 11) is 0. The molecule has 3 nitrogen and oxygen atoms in total. The molecule has 1 rings (SSSR count). The molecule has 0 heterocycles. The van der Waals surface area contributed by atoms with Crippen LogP contribution < -0.4 is 9.47 Å². The number of alkyl halides is 3. The van der Waals surface area contributed by atoms with Crippen molar-refractivity contribution in [2.24, 2.45) is 0 Å². The van der Waals surface area contributed by atoms with Crippen molar-refractivity contribution in [2.75, 3.05) is 6.61 Å². The lowest BCUT2D eigenvalue weighted by molar-refractivity contribution is -0.275. The minimum Gasteiger partial charge on any atom is -0.490 e. The van der Waals surface area contributed by atoms with Gasteiger partial charge in [0.05, 0.1) is 6.61 Å². The van der Waals surface area contributed by atoms with Crippen LogP contribution in [-0.2, 0) is 0 Å². The third-order valence-corrected chi connectivity index (χ3v) is 1.91. The van der Waals surface area contributed by atoms with E-state index in [1.807, 2.05) is 0 Å². The minimum absolute atomic E-state index is 0.102. The molecular formula is C10H8ClF3O3. The zero-order valence-electron chi connectivity index (χ0n) is 8.68. The predicted octanol–water partition coefficient (Wildman–Crippen LogP) is 3.36. The van der Waals surface area contributed by atoms with Crippen LogP contribution in [0.2, 0.25) is 0 Å². The van der Waals surface area contributed by atoms with Crippen LogP contribution in [0.3, 0.4) is 0 Å². The number of carbonyl (C=O) groups excluding carboxylic acids is 1. The maximum Gasteiger partial charge on any atom is 0.573 e. The fourth-order valence-corrected chi connectivity index (χ4v) is 1.23. The molecule has 94 valence electrons. The van der Waals surface area contributed by atoms with Crippen LogP contribution in [0, 0.1) is 0 Å². The van der Waals surface area contributed by atoms with Crippen LogP contribution >= 0.6 is 11.6 Å². The lowest BCUT2D eigenvalue weighted by Gasteiger charge is -2.13. The van der Waals surface area contributed by atoms with Crippen LogP contribution in [-0.4, -0.2) is 18.2 Å². The first-order valence-corrected chi connectivity index (χ1v) is 4.93. The Morgan fingerprint density at radius 3 is 2.47 bits per heavy atom. The topological polar surface area (TPSA) is 35.5 Å². The number of hydrogen-bond acceptors (Lipinski definition) is 3. The number of ether oxygens (including phenoxy) is 2. The fourth-order valence-electron chi connectivity index (χ4n) is 1.11. The maximum atomic E-state index is 12.1. The van der Waals surface area contributed by atoms with Gasteiger partial charge in [0.25, 0.3) is 5.24 Å². The Morgan fingerprint density at radius 2 is 2.00 bits per heavy atom.